The SMILES string of the molecule is C#CCC1(N2CCCCC2)CC(C)(C)CC(C)(C)C1. The molecule has 0 aromatic rings. The highest BCUT2D eigenvalue weighted by Gasteiger charge is 2.49. The van der Waals surface area contributed by atoms with Crippen molar-refractivity contribution in [2.45, 2.75) is 78.2 Å². The van der Waals surface area contributed by atoms with Crippen LogP contribution in [0.3, 0.4) is 0 Å². The lowest BCUT2D eigenvalue weighted by molar-refractivity contribution is -0.0533. The molecule has 1 aliphatic heterocycles. The molecule has 0 spiro atoms. The van der Waals surface area contributed by atoms with Crippen molar-refractivity contribution in [2.24, 2.45) is 10.8 Å². The van der Waals surface area contributed by atoms with E-state index < -0.39 is 0 Å². The summed E-state index contributed by atoms with van der Waals surface area (Å²) >= 11 is 0. The number of rotatable bonds is 2. The number of piperidine rings is 1. The predicted octanol–water partition coefficient (Wildman–Crippen LogP) is 4.47. The summed E-state index contributed by atoms with van der Waals surface area (Å²) in [6.45, 7) is 12.3. The van der Waals surface area contributed by atoms with Crippen LogP contribution in [0.1, 0.15) is 72.6 Å². The zero-order valence-corrected chi connectivity index (χ0v) is 13.4. The second-order valence-electron chi connectivity index (χ2n) is 8.51. The molecular formula is C18H31N. The van der Waals surface area contributed by atoms with E-state index in [-0.39, 0.29) is 5.54 Å². The van der Waals surface area contributed by atoms with Crippen molar-refractivity contribution in [3.8, 4) is 12.3 Å². The van der Waals surface area contributed by atoms with Gasteiger partial charge < -0.3 is 0 Å². The van der Waals surface area contributed by atoms with Gasteiger partial charge in [-0.3, -0.25) is 4.90 Å². The van der Waals surface area contributed by atoms with E-state index in [9.17, 15) is 0 Å². The molecule has 108 valence electrons. The third-order valence-corrected chi connectivity index (χ3v) is 5.03. The lowest BCUT2D eigenvalue weighted by atomic mass is 9.57. The fraction of sp³-hybridized carbons (Fsp3) is 0.889. The summed E-state index contributed by atoms with van der Waals surface area (Å²) in [6, 6.07) is 0. The Morgan fingerprint density at radius 2 is 1.42 bits per heavy atom. The van der Waals surface area contributed by atoms with Crippen LogP contribution in [0, 0.1) is 23.2 Å². The lowest BCUT2D eigenvalue weighted by Crippen LogP contribution is -2.58. The summed E-state index contributed by atoms with van der Waals surface area (Å²) in [7, 11) is 0. The van der Waals surface area contributed by atoms with Gasteiger partial charge in [-0.25, -0.2) is 0 Å². The Bertz CT molecular complexity index is 336. The zero-order chi connectivity index (χ0) is 14.1. The third kappa shape index (κ3) is 3.34. The molecule has 1 aliphatic carbocycles. The smallest absolute Gasteiger partial charge is 0.0328 e. The van der Waals surface area contributed by atoms with E-state index in [2.05, 4.69) is 38.5 Å². The van der Waals surface area contributed by atoms with Gasteiger partial charge in [-0.15, -0.1) is 12.3 Å². The molecule has 1 heterocycles. The first-order valence-electron chi connectivity index (χ1n) is 7.97. The molecule has 2 aliphatic rings. The normalized spacial score (nSPS) is 29.6. The lowest BCUT2D eigenvalue weighted by Gasteiger charge is -2.57. The summed E-state index contributed by atoms with van der Waals surface area (Å²) in [6.07, 6.45) is 14.7. The largest absolute Gasteiger partial charge is 0.297 e. The Kier molecular flexibility index (Phi) is 4.03. The highest BCUT2D eigenvalue weighted by Crippen LogP contribution is 2.53. The molecule has 2 rings (SSSR count). The van der Waals surface area contributed by atoms with E-state index in [0.29, 0.717) is 10.8 Å². The quantitative estimate of drug-likeness (QED) is 0.663. The molecule has 19 heavy (non-hydrogen) atoms. The van der Waals surface area contributed by atoms with Crippen molar-refractivity contribution in [1.29, 1.82) is 0 Å². The molecule has 1 heteroatoms. The summed E-state index contributed by atoms with van der Waals surface area (Å²) in [5.74, 6) is 3.01. The van der Waals surface area contributed by atoms with Crippen molar-refractivity contribution < 1.29 is 0 Å². The van der Waals surface area contributed by atoms with E-state index >= 15 is 0 Å². The fourth-order valence-corrected chi connectivity index (χ4v) is 5.28. The van der Waals surface area contributed by atoms with Crippen molar-refractivity contribution in [3.05, 3.63) is 0 Å². The molecule has 0 N–H and O–H groups in total. The van der Waals surface area contributed by atoms with Crippen LogP contribution < -0.4 is 0 Å². The zero-order valence-electron chi connectivity index (χ0n) is 13.4. The van der Waals surface area contributed by atoms with Gasteiger partial charge in [-0.05, 0) is 56.0 Å². The molecule has 0 unspecified atom stereocenters. The average molecular weight is 261 g/mol. The Labute approximate surface area is 120 Å². The molecule has 0 atom stereocenters. The predicted molar refractivity (Wildman–Crippen MR) is 83.0 cm³/mol. The first kappa shape index (κ1) is 14.9. The maximum Gasteiger partial charge on any atom is 0.0328 e. The minimum atomic E-state index is 0.264. The van der Waals surface area contributed by atoms with E-state index in [0.717, 1.165) is 6.42 Å². The van der Waals surface area contributed by atoms with Crippen LogP contribution in [-0.4, -0.2) is 23.5 Å². The van der Waals surface area contributed by atoms with E-state index in [4.69, 9.17) is 6.42 Å². The molecule has 0 amide bonds. The van der Waals surface area contributed by atoms with Gasteiger partial charge in [-0.1, -0.05) is 34.1 Å². The topological polar surface area (TPSA) is 3.24 Å². The fourth-order valence-electron chi connectivity index (χ4n) is 5.28. The molecule has 0 radical (unpaired) electrons. The summed E-state index contributed by atoms with van der Waals surface area (Å²) in [4.78, 5) is 2.75. The van der Waals surface area contributed by atoms with Crippen LogP contribution in [0.2, 0.25) is 0 Å². The Morgan fingerprint density at radius 3 is 1.89 bits per heavy atom. The monoisotopic (exact) mass is 261 g/mol. The van der Waals surface area contributed by atoms with Gasteiger partial charge in [0.15, 0.2) is 0 Å². The van der Waals surface area contributed by atoms with Gasteiger partial charge in [-0.2, -0.15) is 0 Å². The van der Waals surface area contributed by atoms with Crippen molar-refractivity contribution in [2.75, 3.05) is 13.1 Å². The summed E-state index contributed by atoms with van der Waals surface area (Å²) in [5.41, 5.74) is 1.09. The molecule has 0 aromatic heterocycles. The molecule has 1 saturated carbocycles. The van der Waals surface area contributed by atoms with Gasteiger partial charge in [0.05, 0.1) is 0 Å². The number of hydrogen-bond acceptors (Lipinski definition) is 1. The molecular weight excluding hydrogens is 230 g/mol. The molecule has 0 aromatic carbocycles. The van der Waals surface area contributed by atoms with Gasteiger partial charge in [0.2, 0.25) is 0 Å². The second-order valence-corrected chi connectivity index (χ2v) is 8.51. The van der Waals surface area contributed by atoms with Crippen molar-refractivity contribution >= 4 is 0 Å². The van der Waals surface area contributed by atoms with Crippen molar-refractivity contribution in [1.82, 2.24) is 4.90 Å². The van der Waals surface area contributed by atoms with E-state index in [1.165, 1.54) is 51.6 Å². The molecule has 1 saturated heterocycles. The minimum Gasteiger partial charge on any atom is -0.297 e. The Morgan fingerprint density at radius 1 is 0.895 bits per heavy atom. The maximum absolute atomic E-state index is 5.75. The van der Waals surface area contributed by atoms with Gasteiger partial charge in [0, 0.05) is 12.0 Å². The number of terminal acetylenes is 1. The second kappa shape index (κ2) is 5.13. The van der Waals surface area contributed by atoms with Crippen LogP contribution in [0.4, 0.5) is 0 Å². The van der Waals surface area contributed by atoms with E-state index in [1.54, 1.807) is 0 Å². The highest BCUT2D eigenvalue weighted by molar-refractivity contribution is 5.09. The van der Waals surface area contributed by atoms with Crippen LogP contribution in [0.5, 0.6) is 0 Å². The number of hydrogen-bond donors (Lipinski definition) is 0. The summed E-state index contributed by atoms with van der Waals surface area (Å²) in [5, 5.41) is 0. The highest BCUT2D eigenvalue weighted by atomic mass is 15.2. The van der Waals surface area contributed by atoms with Gasteiger partial charge in [0.25, 0.3) is 0 Å². The standard InChI is InChI=1S/C18H31N/c1-6-10-18(19-11-8-7-9-12-19)14-16(2,3)13-17(4,5)15-18/h1H,7-15H2,2-5H3. The van der Waals surface area contributed by atoms with Crippen molar-refractivity contribution in [3.63, 3.8) is 0 Å². The van der Waals surface area contributed by atoms with Crippen LogP contribution in [0.25, 0.3) is 0 Å². The minimum absolute atomic E-state index is 0.264. The number of nitrogens with zero attached hydrogens (tertiary/aromatic N) is 1. The van der Waals surface area contributed by atoms with Crippen LogP contribution in [0.15, 0.2) is 0 Å². The maximum atomic E-state index is 5.75. The first-order valence-corrected chi connectivity index (χ1v) is 7.97. The summed E-state index contributed by atoms with van der Waals surface area (Å²) < 4.78 is 0. The molecule has 1 nitrogen and oxygen atoms in total. The average Bonchev–Trinajstić information content (AvgIpc) is 2.26. The Hall–Kier alpha value is -0.480. The van der Waals surface area contributed by atoms with Gasteiger partial charge in [0.1, 0.15) is 0 Å². The Balaban J connectivity index is 2.29. The van der Waals surface area contributed by atoms with Crippen LogP contribution >= 0.6 is 0 Å². The van der Waals surface area contributed by atoms with Crippen LogP contribution in [-0.2, 0) is 0 Å². The molecule has 0 bridgehead atoms. The van der Waals surface area contributed by atoms with Gasteiger partial charge >= 0.3 is 0 Å². The molecule has 2 fully saturated rings. The van der Waals surface area contributed by atoms with E-state index in [1.807, 2.05) is 0 Å². The number of likely N-dealkylation sites (tertiary alicyclic amines) is 1. The third-order valence-electron chi connectivity index (χ3n) is 5.03. The first-order chi connectivity index (χ1) is 8.79.